The fourth-order valence-corrected chi connectivity index (χ4v) is 0.372. The highest BCUT2D eigenvalue weighted by Gasteiger charge is 1.83. The Kier molecular flexibility index (Phi) is 3.52. The molecule has 50 valence electrons. The van der Waals surface area contributed by atoms with Crippen LogP contribution in [0.2, 0.25) is 0 Å². The van der Waals surface area contributed by atoms with Gasteiger partial charge in [0.1, 0.15) is 5.76 Å². The van der Waals surface area contributed by atoms with E-state index in [-0.39, 0.29) is 0 Å². The van der Waals surface area contributed by atoms with Gasteiger partial charge in [0, 0.05) is 0 Å². The van der Waals surface area contributed by atoms with E-state index >= 15 is 0 Å². The van der Waals surface area contributed by atoms with Crippen molar-refractivity contribution in [2.24, 2.45) is 0 Å². The van der Waals surface area contributed by atoms with Crippen molar-refractivity contribution >= 4 is 0 Å². The molecule has 0 saturated heterocycles. The summed E-state index contributed by atoms with van der Waals surface area (Å²) in [5, 5.41) is 0. The SMILES string of the molecule is C=C/C(C)=C\C(=C)OC. The quantitative estimate of drug-likeness (QED) is 0.414. The molecule has 1 heteroatoms. The fourth-order valence-electron chi connectivity index (χ4n) is 0.372. The summed E-state index contributed by atoms with van der Waals surface area (Å²) in [6, 6.07) is 0. The van der Waals surface area contributed by atoms with Gasteiger partial charge in [0.25, 0.3) is 0 Å². The minimum atomic E-state index is 0.660. The lowest BCUT2D eigenvalue weighted by atomic mass is 10.3. The summed E-state index contributed by atoms with van der Waals surface area (Å²) in [5.41, 5.74) is 1.06. The first-order chi connectivity index (χ1) is 4.20. The van der Waals surface area contributed by atoms with Gasteiger partial charge in [-0.15, -0.1) is 0 Å². The normalized spacial score (nSPS) is 10.7. The molecule has 1 nitrogen and oxygen atoms in total. The predicted molar refractivity (Wildman–Crippen MR) is 40.1 cm³/mol. The molecule has 0 aliphatic carbocycles. The monoisotopic (exact) mass is 124 g/mol. The van der Waals surface area contributed by atoms with E-state index in [0.717, 1.165) is 5.57 Å². The maximum absolute atomic E-state index is 4.80. The standard InChI is InChI=1S/C8H12O/c1-5-7(2)6-8(3)9-4/h5-6H,1,3H2,2,4H3/b7-6-. The number of hydrogen-bond donors (Lipinski definition) is 0. The van der Waals surface area contributed by atoms with Crippen LogP contribution in [-0.2, 0) is 4.74 Å². The molecule has 0 fully saturated rings. The van der Waals surface area contributed by atoms with Gasteiger partial charge >= 0.3 is 0 Å². The van der Waals surface area contributed by atoms with Crippen molar-refractivity contribution in [2.45, 2.75) is 6.92 Å². The smallest absolute Gasteiger partial charge is 0.111 e. The molecule has 0 amide bonds. The summed E-state index contributed by atoms with van der Waals surface area (Å²) in [5.74, 6) is 0.660. The van der Waals surface area contributed by atoms with Crippen molar-refractivity contribution in [1.29, 1.82) is 0 Å². The molecule has 0 aliphatic rings. The number of rotatable bonds is 3. The van der Waals surface area contributed by atoms with Crippen LogP contribution in [0, 0.1) is 0 Å². The molecule has 0 spiro atoms. The minimum absolute atomic E-state index is 0.660. The van der Waals surface area contributed by atoms with Gasteiger partial charge < -0.3 is 4.74 Å². The lowest BCUT2D eigenvalue weighted by Gasteiger charge is -1.96. The summed E-state index contributed by atoms with van der Waals surface area (Å²) in [6.07, 6.45) is 3.58. The zero-order valence-electron chi connectivity index (χ0n) is 5.98. The molecule has 0 aliphatic heterocycles. The van der Waals surface area contributed by atoms with Gasteiger partial charge in [-0.1, -0.05) is 19.2 Å². The van der Waals surface area contributed by atoms with Crippen molar-refractivity contribution in [2.75, 3.05) is 7.11 Å². The minimum Gasteiger partial charge on any atom is -0.497 e. The Bertz CT molecular complexity index is 143. The molecule has 0 aromatic rings. The van der Waals surface area contributed by atoms with Crippen molar-refractivity contribution in [3.05, 3.63) is 36.6 Å². The van der Waals surface area contributed by atoms with Crippen molar-refractivity contribution in [3.63, 3.8) is 0 Å². The molecule has 0 heterocycles. The van der Waals surface area contributed by atoms with Gasteiger partial charge in [-0.2, -0.15) is 0 Å². The van der Waals surface area contributed by atoms with Crippen LogP contribution in [-0.4, -0.2) is 7.11 Å². The molecule has 0 N–H and O–H groups in total. The highest BCUT2D eigenvalue weighted by atomic mass is 16.5. The van der Waals surface area contributed by atoms with Crippen LogP contribution in [0.1, 0.15) is 6.92 Å². The van der Waals surface area contributed by atoms with E-state index in [9.17, 15) is 0 Å². The third-order valence-electron chi connectivity index (χ3n) is 0.973. The number of hydrogen-bond acceptors (Lipinski definition) is 1. The molecule has 0 saturated carbocycles. The number of allylic oxidation sites excluding steroid dienone is 3. The summed E-state index contributed by atoms with van der Waals surface area (Å²) in [6.45, 7) is 9.14. The van der Waals surface area contributed by atoms with E-state index in [1.807, 2.05) is 13.0 Å². The van der Waals surface area contributed by atoms with Crippen LogP contribution in [0.4, 0.5) is 0 Å². The lowest BCUT2D eigenvalue weighted by Crippen LogP contribution is -1.78. The Morgan fingerprint density at radius 2 is 2.11 bits per heavy atom. The van der Waals surface area contributed by atoms with Gasteiger partial charge in [0.05, 0.1) is 7.11 Å². The van der Waals surface area contributed by atoms with Gasteiger partial charge in [-0.25, -0.2) is 0 Å². The summed E-state index contributed by atoms with van der Waals surface area (Å²) in [4.78, 5) is 0. The number of ether oxygens (including phenoxy) is 1. The lowest BCUT2D eigenvalue weighted by molar-refractivity contribution is 0.308. The zero-order chi connectivity index (χ0) is 7.28. The van der Waals surface area contributed by atoms with Crippen molar-refractivity contribution in [1.82, 2.24) is 0 Å². The van der Waals surface area contributed by atoms with Gasteiger partial charge in [-0.3, -0.25) is 0 Å². The van der Waals surface area contributed by atoms with Gasteiger partial charge in [0.2, 0.25) is 0 Å². The molecule has 9 heavy (non-hydrogen) atoms. The zero-order valence-corrected chi connectivity index (χ0v) is 5.98. The molecule has 0 atom stereocenters. The average Bonchev–Trinajstić information content (AvgIpc) is 1.87. The second-order valence-corrected chi connectivity index (χ2v) is 1.76. The second kappa shape index (κ2) is 3.96. The van der Waals surface area contributed by atoms with E-state index in [0.29, 0.717) is 5.76 Å². The van der Waals surface area contributed by atoms with Crippen molar-refractivity contribution < 1.29 is 4.74 Å². The Labute approximate surface area is 56.3 Å². The Balaban J connectivity index is 3.94. The Hall–Kier alpha value is -0.980. The van der Waals surface area contributed by atoms with Crippen LogP contribution in [0.15, 0.2) is 36.6 Å². The molecule has 0 bridgehead atoms. The van der Waals surface area contributed by atoms with Crippen LogP contribution >= 0.6 is 0 Å². The third kappa shape index (κ3) is 3.59. The summed E-state index contributed by atoms with van der Waals surface area (Å²) < 4.78 is 4.80. The fraction of sp³-hybridized carbons (Fsp3) is 0.250. The molecule has 0 rings (SSSR count). The second-order valence-electron chi connectivity index (χ2n) is 1.76. The number of methoxy groups -OCH3 is 1. The summed E-state index contributed by atoms with van der Waals surface area (Å²) in [7, 11) is 1.59. The highest BCUT2D eigenvalue weighted by Crippen LogP contribution is 1.99. The first-order valence-corrected chi connectivity index (χ1v) is 2.74. The van der Waals surface area contributed by atoms with Crippen LogP contribution in [0.25, 0.3) is 0 Å². The van der Waals surface area contributed by atoms with Crippen LogP contribution in [0.3, 0.4) is 0 Å². The molecule has 0 radical (unpaired) electrons. The maximum atomic E-state index is 4.80. The van der Waals surface area contributed by atoms with E-state index in [1.54, 1.807) is 13.2 Å². The molecular weight excluding hydrogens is 112 g/mol. The Morgan fingerprint density at radius 1 is 1.56 bits per heavy atom. The van der Waals surface area contributed by atoms with Crippen LogP contribution < -0.4 is 0 Å². The topological polar surface area (TPSA) is 9.23 Å². The van der Waals surface area contributed by atoms with E-state index in [2.05, 4.69) is 13.2 Å². The van der Waals surface area contributed by atoms with E-state index in [1.165, 1.54) is 0 Å². The third-order valence-corrected chi connectivity index (χ3v) is 0.973. The molecular formula is C8H12O. The average molecular weight is 124 g/mol. The van der Waals surface area contributed by atoms with E-state index in [4.69, 9.17) is 4.74 Å². The van der Waals surface area contributed by atoms with Gasteiger partial charge in [-0.05, 0) is 18.6 Å². The predicted octanol–water partition coefficient (Wildman–Crippen LogP) is 2.28. The highest BCUT2D eigenvalue weighted by molar-refractivity contribution is 5.21. The van der Waals surface area contributed by atoms with Crippen molar-refractivity contribution in [3.8, 4) is 0 Å². The van der Waals surface area contributed by atoms with E-state index < -0.39 is 0 Å². The van der Waals surface area contributed by atoms with Crippen LogP contribution in [0.5, 0.6) is 0 Å². The maximum Gasteiger partial charge on any atom is 0.111 e. The van der Waals surface area contributed by atoms with Gasteiger partial charge in [0.15, 0.2) is 0 Å². The first kappa shape index (κ1) is 8.02. The largest absolute Gasteiger partial charge is 0.497 e. The Morgan fingerprint density at radius 3 is 2.44 bits per heavy atom. The first-order valence-electron chi connectivity index (χ1n) is 2.74. The summed E-state index contributed by atoms with van der Waals surface area (Å²) >= 11 is 0. The molecule has 0 aromatic heterocycles. The molecule has 0 unspecified atom stereocenters. The molecule has 0 aromatic carbocycles.